The summed E-state index contributed by atoms with van der Waals surface area (Å²) in [5.41, 5.74) is 4.44. The van der Waals surface area contributed by atoms with Gasteiger partial charge >= 0.3 is 0 Å². The van der Waals surface area contributed by atoms with Crippen LogP contribution in [0.25, 0.3) is 0 Å². The van der Waals surface area contributed by atoms with Gasteiger partial charge in [-0.05, 0) is 26.0 Å². The van der Waals surface area contributed by atoms with E-state index in [2.05, 4.69) is 0 Å². The van der Waals surface area contributed by atoms with Crippen molar-refractivity contribution >= 4 is 17.2 Å². The summed E-state index contributed by atoms with van der Waals surface area (Å²) in [6, 6.07) is 3.05. The van der Waals surface area contributed by atoms with E-state index in [1.807, 2.05) is 0 Å². The minimum absolute atomic E-state index is 0.0748. The van der Waals surface area contributed by atoms with E-state index in [4.69, 9.17) is 22.7 Å². The molecule has 0 aliphatic heterocycles. The van der Waals surface area contributed by atoms with E-state index in [-0.39, 0.29) is 10.7 Å². The van der Waals surface area contributed by atoms with E-state index in [1.165, 1.54) is 6.07 Å². The number of halogens is 2. The number of thiocarbonyl (C=S) groups is 1. The molecule has 0 radical (unpaired) electrons. The first-order chi connectivity index (χ1) is 6.83. The van der Waals surface area contributed by atoms with Crippen LogP contribution in [-0.2, 0) is 0 Å². The molecule has 5 heteroatoms. The predicted molar refractivity (Wildman–Crippen MR) is 57.9 cm³/mol. The Balaban J connectivity index is 2.95. The van der Waals surface area contributed by atoms with Crippen LogP contribution in [0.3, 0.4) is 0 Å². The van der Waals surface area contributed by atoms with Gasteiger partial charge in [0.15, 0.2) is 17.2 Å². The largest absolute Gasteiger partial charge is 0.478 e. The minimum atomic E-state index is -0.964. The van der Waals surface area contributed by atoms with Crippen molar-refractivity contribution in [2.45, 2.75) is 19.4 Å². The Morgan fingerprint density at radius 3 is 2.47 bits per heavy atom. The minimum Gasteiger partial charge on any atom is -0.478 e. The molecule has 0 unspecified atom stereocenters. The second kappa shape index (κ2) is 4.10. The van der Waals surface area contributed by atoms with Gasteiger partial charge in [0.05, 0.1) is 0 Å². The fourth-order valence-electron chi connectivity index (χ4n) is 0.883. The SMILES string of the molecule is CC(C)(Oc1ccc(F)cc1F)C(N)=S. The third-order valence-electron chi connectivity index (χ3n) is 1.85. The van der Waals surface area contributed by atoms with Crippen molar-refractivity contribution in [3.05, 3.63) is 29.8 Å². The maximum Gasteiger partial charge on any atom is 0.168 e. The fourth-order valence-corrected chi connectivity index (χ4v) is 0.925. The Labute approximate surface area is 92.0 Å². The molecule has 1 aromatic rings. The monoisotopic (exact) mass is 231 g/mol. The predicted octanol–water partition coefficient (Wildman–Crippen LogP) is 2.41. The molecule has 0 saturated heterocycles. The number of ether oxygens (including phenoxy) is 1. The average Bonchev–Trinajstić information content (AvgIpc) is 2.09. The Bertz CT molecular complexity index is 393. The van der Waals surface area contributed by atoms with Crippen LogP contribution in [0.2, 0.25) is 0 Å². The normalized spacial score (nSPS) is 11.2. The highest BCUT2D eigenvalue weighted by Crippen LogP contribution is 2.22. The molecule has 0 aliphatic rings. The molecule has 82 valence electrons. The number of benzene rings is 1. The van der Waals surface area contributed by atoms with Crippen LogP contribution < -0.4 is 10.5 Å². The maximum atomic E-state index is 13.2. The van der Waals surface area contributed by atoms with E-state index in [1.54, 1.807) is 13.8 Å². The van der Waals surface area contributed by atoms with Crippen LogP contribution in [0.1, 0.15) is 13.8 Å². The molecule has 0 fully saturated rings. The quantitative estimate of drug-likeness (QED) is 0.811. The number of hydrogen-bond donors (Lipinski definition) is 1. The molecule has 0 amide bonds. The Kier molecular flexibility index (Phi) is 3.24. The van der Waals surface area contributed by atoms with Crippen molar-refractivity contribution in [3.63, 3.8) is 0 Å². The molecule has 15 heavy (non-hydrogen) atoms. The van der Waals surface area contributed by atoms with Gasteiger partial charge in [0.2, 0.25) is 0 Å². The highest BCUT2D eigenvalue weighted by molar-refractivity contribution is 7.80. The first-order valence-corrected chi connectivity index (χ1v) is 4.68. The summed E-state index contributed by atoms with van der Waals surface area (Å²) in [5, 5.41) is 0. The summed E-state index contributed by atoms with van der Waals surface area (Å²) in [7, 11) is 0. The lowest BCUT2D eigenvalue weighted by atomic mass is 10.1. The van der Waals surface area contributed by atoms with Crippen molar-refractivity contribution in [3.8, 4) is 5.75 Å². The summed E-state index contributed by atoms with van der Waals surface area (Å²) < 4.78 is 31.0. The highest BCUT2D eigenvalue weighted by Gasteiger charge is 2.24. The zero-order valence-corrected chi connectivity index (χ0v) is 9.20. The molecule has 0 atom stereocenters. The summed E-state index contributed by atoms with van der Waals surface area (Å²) in [5.74, 6) is -1.51. The van der Waals surface area contributed by atoms with Crippen molar-refractivity contribution in [2.75, 3.05) is 0 Å². The summed E-state index contributed by atoms with van der Waals surface area (Å²) in [6.45, 7) is 3.22. The molecule has 0 saturated carbocycles. The smallest absolute Gasteiger partial charge is 0.168 e. The molecular formula is C10H11F2NOS. The van der Waals surface area contributed by atoms with Gasteiger partial charge in [-0.25, -0.2) is 8.78 Å². The Morgan fingerprint density at radius 2 is 2.00 bits per heavy atom. The van der Waals surface area contributed by atoms with Gasteiger partial charge in [0.25, 0.3) is 0 Å². The number of hydrogen-bond acceptors (Lipinski definition) is 2. The van der Waals surface area contributed by atoms with E-state index in [0.29, 0.717) is 0 Å². The zero-order valence-electron chi connectivity index (χ0n) is 8.38. The molecule has 2 N–H and O–H groups in total. The Hall–Kier alpha value is -1.23. The molecular weight excluding hydrogens is 220 g/mol. The van der Waals surface area contributed by atoms with Crippen molar-refractivity contribution in [1.82, 2.24) is 0 Å². The summed E-state index contributed by atoms with van der Waals surface area (Å²) >= 11 is 4.76. The van der Waals surface area contributed by atoms with Crippen molar-refractivity contribution in [1.29, 1.82) is 0 Å². The van der Waals surface area contributed by atoms with Gasteiger partial charge in [0.1, 0.15) is 10.8 Å². The van der Waals surface area contributed by atoms with Gasteiger partial charge < -0.3 is 10.5 Å². The standard InChI is InChI=1S/C10H11F2NOS/c1-10(2,9(13)15)14-8-4-3-6(11)5-7(8)12/h3-5H,1-2H3,(H2,13,15). The first-order valence-electron chi connectivity index (χ1n) is 4.27. The third kappa shape index (κ3) is 2.86. The molecule has 1 aromatic carbocycles. The van der Waals surface area contributed by atoms with Crippen molar-refractivity contribution < 1.29 is 13.5 Å². The van der Waals surface area contributed by atoms with Crippen LogP contribution >= 0.6 is 12.2 Å². The Morgan fingerprint density at radius 1 is 1.40 bits per heavy atom. The molecule has 1 rings (SSSR count). The first kappa shape index (κ1) is 11.8. The van der Waals surface area contributed by atoms with Crippen LogP contribution in [0, 0.1) is 11.6 Å². The highest BCUT2D eigenvalue weighted by atomic mass is 32.1. The van der Waals surface area contributed by atoms with Crippen LogP contribution in [0.15, 0.2) is 18.2 Å². The maximum absolute atomic E-state index is 13.2. The van der Waals surface area contributed by atoms with Gasteiger partial charge in [-0.2, -0.15) is 0 Å². The third-order valence-corrected chi connectivity index (χ3v) is 2.34. The van der Waals surface area contributed by atoms with Crippen LogP contribution in [0.4, 0.5) is 8.78 Å². The van der Waals surface area contributed by atoms with Crippen LogP contribution in [0.5, 0.6) is 5.75 Å². The van der Waals surface area contributed by atoms with Gasteiger partial charge in [0, 0.05) is 6.07 Å². The van der Waals surface area contributed by atoms with Crippen molar-refractivity contribution in [2.24, 2.45) is 5.73 Å². The van der Waals surface area contributed by atoms with E-state index >= 15 is 0 Å². The number of nitrogens with two attached hydrogens (primary N) is 1. The zero-order chi connectivity index (χ0) is 11.6. The molecule has 0 heterocycles. The lowest BCUT2D eigenvalue weighted by Crippen LogP contribution is -2.42. The second-order valence-electron chi connectivity index (χ2n) is 3.55. The fraction of sp³-hybridized carbons (Fsp3) is 0.300. The molecule has 0 spiro atoms. The van der Waals surface area contributed by atoms with E-state index in [9.17, 15) is 8.78 Å². The second-order valence-corrected chi connectivity index (χ2v) is 3.99. The summed E-state index contributed by atoms with van der Waals surface area (Å²) in [6.07, 6.45) is 0. The van der Waals surface area contributed by atoms with Gasteiger partial charge in [-0.3, -0.25) is 0 Å². The average molecular weight is 231 g/mol. The molecule has 0 aliphatic carbocycles. The molecule has 0 aromatic heterocycles. The van der Waals surface area contributed by atoms with E-state index < -0.39 is 17.2 Å². The number of rotatable bonds is 3. The van der Waals surface area contributed by atoms with Gasteiger partial charge in [-0.15, -0.1) is 0 Å². The topological polar surface area (TPSA) is 35.2 Å². The summed E-state index contributed by atoms with van der Waals surface area (Å²) in [4.78, 5) is 0.103. The molecule has 0 bridgehead atoms. The lowest BCUT2D eigenvalue weighted by Gasteiger charge is -2.25. The molecule has 2 nitrogen and oxygen atoms in total. The van der Waals surface area contributed by atoms with Crippen LogP contribution in [-0.4, -0.2) is 10.6 Å². The van der Waals surface area contributed by atoms with E-state index in [0.717, 1.165) is 12.1 Å². The lowest BCUT2D eigenvalue weighted by molar-refractivity contribution is 0.175. The van der Waals surface area contributed by atoms with Gasteiger partial charge in [-0.1, -0.05) is 12.2 Å².